The minimum absolute atomic E-state index is 0.00945. The van der Waals surface area contributed by atoms with Crippen molar-refractivity contribution in [3.8, 4) is 5.75 Å². The summed E-state index contributed by atoms with van der Waals surface area (Å²) in [6.07, 6.45) is -4.19. The third-order valence-corrected chi connectivity index (χ3v) is 4.30. The monoisotopic (exact) mass is 421 g/mol. The van der Waals surface area contributed by atoms with Crippen molar-refractivity contribution < 1.29 is 39.2 Å². The molecule has 1 aromatic heterocycles. The first-order chi connectivity index (χ1) is 14.3. The number of hydrogen-bond donors (Lipinski definition) is 4. The summed E-state index contributed by atoms with van der Waals surface area (Å²) in [7, 11) is 0. The van der Waals surface area contributed by atoms with Crippen LogP contribution >= 0.6 is 0 Å². The highest BCUT2D eigenvalue weighted by molar-refractivity contribution is 5.93. The number of nitrogens with zero attached hydrogens (tertiary/aromatic N) is 2. The smallest absolute Gasteiger partial charge is 0.351 e. The molecule has 12 nitrogen and oxygen atoms in total. The summed E-state index contributed by atoms with van der Waals surface area (Å²) in [5.41, 5.74) is 0.855. The summed E-state index contributed by atoms with van der Waals surface area (Å²) in [5, 5.41) is 29.2. The second kappa shape index (κ2) is 9.00. The van der Waals surface area contributed by atoms with Crippen molar-refractivity contribution in [2.45, 2.75) is 31.5 Å². The number of aliphatic hydroxyl groups is 2. The number of nitrogens with one attached hydrogen (secondary N) is 1. The fraction of sp³-hybridized carbons (Fsp3) is 0.333. The standard InChI is InChI=1S/C18H19N3O9/c1-9(22)29-11-5-3-2-4-10(11)17(25)28-8-12-14(23)15(24)16(30-12)21-7-6-13(20-27)19-18(21)26/h2-7,12,14-16,23-24,27H,8H2,1H3,(H,19,20,26)/t12-,14-,15-,16-/m1/s1. The predicted molar refractivity (Wildman–Crippen MR) is 97.9 cm³/mol. The normalized spacial score (nSPS) is 23.1. The number of para-hydroxylation sites is 1. The number of ether oxygens (including phenoxy) is 3. The molecule has 1 saturated heterocycles. The Kier molecular flexibility index (Phi) is 6.42. The quantitative estimate of drug-likeness (QED) is 0.268. The van der Waals surface area contributed by atoms with Crippen molar-refractivity contribution in [2.24, 2.45) is 0 Å². The zero-order chi connectivity index (χ0) is 21.8. The summed E-state index contributed by atoms with van der Waals surface area (Å²) < 4.78 is 16.5. The second-order valence-electron chi connectivity index (χ2n) is 6.35. The Bertz CT molecular complexity index is 993. The van der Waals surface area contributed by atoms with Crippen molar-refractivity contribution in [3.05, 3.63) is 52.6 Å². The Morgan fingerprint density at radius 3 is 2.63 bits per heavy atom. The fourth-order valence-corrected chi connectivity index (χ4v) is 2.88. The topological polar surface area (TPSA) is 169 Å². The van der Waals surface area contributed by atoms with E-state index in [1.165, 1.54) is 31.3 Å². The zero-order valence-electron chi connectivity index (χ0n) is 15.7. The van der Waals surface area contributed by atoms with Crippen LogP contribution in [-0.2, 0) is 14.3 Å². The predicted octanol–water partition coefficient (Wildman–Crippen LogP) is -0.554. The molecule has 0 bridgehead atoms. The van der Waals surface area contributed by atoms with Gasteiger partial charge in [0.2, 0.25) is 0 Å². The van der Waals surface area contributed by atoms with Gasteiger partial charge in [0.05, 0.1) is 0 Å². The number of aliphatic hydroxyl groups excluding tert-OH is 2. The van der Waals surface area contributed by atoms with Crippen LogP contribution in [0.2, 0.25) is 0 Å². The summed E-state index contributed by atoms with van der Waals surface area (Å²) in [5.74, 6) is -1.55. The van der Waals surface area contributed by atoms with Gasteiger partial charge in [-0.2, -0.15) is 4.98 Å². The lowest BCUT2D eigenvalue weighted by molar-refractivity contribution is -0.131. The van der Waals surface area contributed by atoms with Gasteiger partial charge >= 0.3 is 17.6 Å². The lowest BCUT2D eigenvalue weighted by Crippen LogP contribution is -2.36. The number of carbonyl (C=O) groups excluding carboxylic acids is 2. The molecule has 1 aliphatic heterocycles. The van der Waals surface area contributed by atoms with Crippen LogP contribution < -0.4 is 15.9 Å². The molecule has 1 aromatic carbocycles. The van der Waals surface area contributed by atoms with Crippen LogP contribution in [-0.4, -0.2) is 61.8 Å². The molecular weight excluding hydrogens is 402 g/mol. The molecule has 4 N–H and O–H groups in total. The van der Waals surface area contributed by atoms with Gasteiger partial charge in [-0.05, 0) is 18.2 Å². The van der Waals surface area contributed by atoms with Gasteiger partial charge in [-0.25, -0.2) is 9.59 Å². The van der Waals surface area contributed by atoms with Gasteiger partial charge in [0.15, 0.2) is 12.0 Å². The lowest BCUT2D eigenvalue weighted by atomic mass is 10.1. The first-order valence-corrected chi connectivity index (χ1v) is 8.77. The van der Waals surface area contributed by atoms with Crippen LogP contribution in [0.15, 0.2) is 41.3 Å². The molecule has 2 heterocycles. The molecule has 4 atom stereocenters. The number of esters is 2. The Labute approximate surface area is 169 Å². The van der Waals surface area contributed by atoms with E-state index in [0.717, 1.165) is 4.57 Å². The molecule has 1 aliphatic rings. The van der Waals surface area contributed by atoms with E-state index in [9.17, 15) is 24.6 Å². The highest BCUT2D eigenvalue weighted by atomic mass is 16.6. The number of hydrogen-bond acceptors (Lipinski definition) is 11. The molecule has 30 heavy (non-hydrogen) atoms. The largest absolute Gasteiger partial charge is 0.459 e. The molecule has 3 rings (SSSR count). The minimum Gasteiger partial charge on any atom is -0.459 e. The maximum absolute atomic E-state index is 12.4. The Morgan fingerprint density at radius 1 is 1.23 bits per heavy atom. The van der Waals surface area contributed by atoms with E-state index in [1.54, 1.807) is 17.6 Å². The third kappa shape index (κ3) is 4.46. The third-order valence-electron chi connectivity index (χ3n) is 4.30. The van der Waals surface area contributed by atoms with Crippen molar-refractivity contribution in [1.29, 1.82) is 0 Å². The van der Waals surface area contributed by atoms with E-state index in [0.29, 0.717) is 0 Å². The van der Waals surface area contributed by atoms with Gasteiger partial charge in [0.1, 0.15) is 36.2 Å². The van der Waals surface area contributed by atoms with Gasteiger partial charge in [-0.15, -0.1) is 0 Å². The number of carbonyl (C=O) groups is 2. The Morgan fingerprint density at radius 2 is 1.97 bits per heavy atom. The number of rotatable bonds is 6. The van der Waals surface area contributed by atoms with Crippen molar-refractivity contribution in [2.75, 3.05) is 12.1 Å². The molecule has 0 radical (unpaired) electrons. The fourth-order valence-electron chi connectivity index (χ4n) is 2.88. The van der Waals surface area contributed by atoms with Crippen LogP contribution in [0.25, 0.3) is 0 Å². The van der Waals surface area contributed by atoms with Gasteiger partial charge in [0.25, 0.3) is 0 Å². The lowest BCUT2D eigenvalue weighted by Gasteiger charge is -2.17. The Balaban J connectivity index is 1.69. The van der Waals surface area contributed by atoms with E-state index < -0.39 is 48.8 Å². The van der Waals surface area contributed by atoms with E-state index in [2.05, 4.69) is 4.98 Å². The average Bonchev–Trinajstić information content (AvgIpc) is 3.00. The highest BCUT2D eigenvalue weighted by Gasteiger charge is 2.44. The summed E-state index contributed by atoms with van der Waals surface area (Å²) in [4.78, 5) is 39.1. The van der Waals surface area contributed by atoms with Crippen LogP contribution in [0.1, 0.15) is 23.5 Å². The summed E-state index contributed by atoms with van der Waals surface area (Å²) >= 11 is 0. The van der Waals surface area contributed by atoms with Gasteiger partial charge in [-0.3, -0.25) is 20.0 Å². The molecule has 1 fully saturated rings. The highest BCUT2D eigenvalue weighted by Crippen LogP contribution is 2.29. The SMILES string of the molecule is CC(=O)Oc1ccccc1C(=O)OC[C@H]1O[C@@H](n2ccc(NO)nc2=O)[C@H](O)[C@@H]1O. The molecule has 0 aliphatic carbocycles. The second-order valence-corrected chi connectivity index (χ2v) is 6.35. The Hall–Kier alpha value is -3.32. The maximum atomic E-state index is 12.4. The number of anilines is 1. The number of benzene rings is 1. The molecule has 2 aromatic rings. The van der Waals surface area contributed by atoms with Crippen LogP contribution in [0, 0.1) is 0 Å². The summed E-state index contributed by atoms with van der Waals surface area (Å²) in [6.45, 7) is 0.743. The van der Waals surface area contributed by atoms with Crippen molar-refractivity contribution in [3.63, 3.8) is 0 Å². The minimum atomic E-state index is -1.51. The summed E-state index contributed by atoms with van der Waals surface area (Å²) in [6, 6.07) is 7.19. The van der Waals surface area contributed by atoms with Crippen molar-refractivity contribution in [1.82, 2.24) is 9.55 Å². The van der Waals surface area contributed by atoms with E-state index in [1.807, 2.05) is 0 Å². The first kappa shape index (κ1) is 21.4. The first-order valence-electron chi connectivity index (χ1n) is 8.77. The molecule has 0 spiro atoms. The van der Waals surface area contributed by atoms with Crippen molar-refractivity contribution >= 4 is 17.8 Å². The van der Waals surface area contributed by atoms with Gasteiger partial charge in [0, 0.05) is 13.1 Å². The number of aromatic nitrogens is 2. The molecule has 0 amide bonds. The van der Waals surface area contributed by atoms with E-state index in [4.69, 9.17) is 19.4 Å². The van der Waals surface area contributed by atoms with E-state index in [-0.39, 0.29) is 17.1 Å². The molecule has 0 saturated carbocycles. The van der Waals surface area contributed by atoms with E-state index >= 15 is 0 Å². The molecule has 12 heteroatoms. The van der Waals surface area contributed by atoms with Gasteiger partial charge in [-0.1, -0.05) is 12.1 Å². The molecule has 0 unspecified atom stereocenters. The van der Waals surface area contributed by atoms with Crippen LogP contribution in [0.5, 0.6) is 5.75 Å². The average molecular weight is 421 g/mol. The molecule has 160 valence electrons. The van der Waals surface area contributed by atoms with Crippen LogP contribution in [0.4, 0.5) is 5.82 Å². The van der Waals surface area contributed by atoms with Crippen LogP contribution in [0.3, 0.4) is 0 Å². The van der Waals surface area contributed by atoms with Gasteiger partial charge < -0.3 is 24.4 Å². The maximum Gasteiger partial charge on any atom is 0.351 e. The molecular formula is C18H19N3O9. The zero-order valence-corrected chi connectivity index (χ0v) is 15.7.